The van der Waals surface area contributed by atoms with Crippen molar-refractivity contribution in [2.75, 3.05) is 0 Å². The summed E-state index contributed by atoms with van der Waals surface area (Å²) in [6.45, 7) is 8.70. The normalized spacial score (nSPS) is 9.57. The third-order valence-corrected chi connectivity index (χ3v) is 1.47. The van der Waals surface area contributed by atoms with E-state index in [1.165, 1.54) is 18.3 Å². The lowest BCUT2D eigenvalue weighted by Crippen LogP contribution is -2.22. The van der Waals surface area contributed by atoms with E-state index in [0.717, 1.165) is 5.69 Å². The average molecular weight is 198 g/mol. The second-order valence-electron chi connectivity index (χ2n) is 3.00. The smallest absolute Gasteiger partial charge is 0.126 e. The highest BCUT2D eigenvalue weighted by Gasteiger charge is 1.97. The highest BCUT2D eigenvalue weighted by atomic mass is 19.1. The van der Waals surface area contributed by atoms with Crippen LogP contribution in [0.15, 0.2) is 18.3 Å². The molecule has 14 heavy (non-hydrogen) atoms. The first-order valence-corrected chi connectivity index (χ1v) is 5.02. The van der Waals surface area contributed by atoms with E-state index in [0.29, 0.717) is 12.6 Å². The zero-order chi connectivity index (χ0) is 11.0. The molecule has 0 aliphatic carbocycles. The van der Waals surface area contributed by atoms with Gasteiger partial charge < -0.3 is 5.32 Å². The first-order valence-electron chi connectivity index (χ1n) is 5.02. The van der Waals surface area contributed by atoms with Gasteiger partial charge >= 0.3 is 0 Å². The lowest BCUT2D eigenvalue weighted by molar-refractivity contribution is 0.572. The van der Waals surface area contributed by atoms with Crippen LogP contribution in [0.5, 0.6) is 0 Å². The van der Waals surface area contributed by atoms with E-state index in [-0.39, 0.29) is 5.82 Å². The molecule has 0 fully saturated rings. The number of halogens is 1. The first-order chi connectivity index (χ1) is 6.68. The molecule has 80 valence electrons. The van der Waals surface area contributed by atoms with Gasteiger partial charge in [0.25, 0.3) is 0 Å². The Hall–Kier alpha value is -0.960. The van der Waals surface area contributed by atoms with Gasteiger partial charge in [-0.3, -0.25) is 4.98 Å². The fourth-order valence-electron chi connectivity index (χ4n) is 0.854. The lowest BCUT2D eigenvalue weighted by Gasteiger charge is -2.06. The molecule has 0 bridgehead atoms. The molecule has 0 spiro atoms. The molecule has 1 rings (SSSR count). The number of pyridine rings is 1. The molecule has 0 amide bonds. The Labute approximate surface area is 85.6 Å². The molecule has 0 aliphatic heterocycles. The molecule has 0 radical (unpaired) electrons. The van der Waals surface area contributed by atoms with Gasteiger partial charge in [0.15, 0.2) is 0 Å². The molecule has 1 aromatic rings. The van der Waals surface area contributed by atoms with Crippen molar-refractivity contribution in [2.24, 2.45) is 0 Å². The summed E-state index contributed by atoms with van der Waals surface area (Å²) in [5, 5.41) is 3.16. The molecule has 0 saturated carbocycles. The standard InChI is InChI=1S/C9H13FN2.C2H6/c1-7(2)12-6-9-5-8(10)3-4-11-9;1-2/h3-5,7,12H,6H2,1-2H3;1-2H3. The Balaban J connectivity index is 0.000000791. The Morgan fingerprint density at radius 2 is 2.07 bits per heavy atom. The molecule has 2 nitrogen and oxygen atoms in total. The van der Waals surface area contributed by atoms with Crippen LogP contribution in [0.4, 0.5) is 4.39 Å². The van der Waals surface area contributed by atoms with Crippen molar-refractivity contribution in [3.63, 3.8) is 0 Å². The van der Waals surface area contributed by atoms with Crippen molar-refractivity contribution < 1.29 is 4.39 Å². The highest BCUT2D eigenvalue weighted by molar-refractivity contribution is 5.05. The Kier molecular flexibility index (Phi) is 6.93. The number of hydrogen-bond donors (Lipinski definition) is 1. The van der Waals surface area contributed by atoms with Crippen LogP contribution in [-0.2, 0) is 6.54 Å². The maximum absolute atomic E-state index is 12.6. The van der Waals surface area contributed by atoms with Gasteiger partial charge in [-0.2, -0.15) is 0 Å². The van der Waals surface area contributed by atoms with Crippen LogP contribution in [-0.4, -0.2) is 11.0 Å². The van der Waals surface area contributed by atoms with Crippen LogP contribution in [0.1, 0.15) is 33.4 Å². The number of rotatable bonds is 3. The number of nitrogens with zero attached hydrogens (tertiary/aromatic N) is 1. The van der Waals surface area contributed by atoms with Crippen molar-refractivity contribution in [1.82, 2.24) is 10.3 Å². The summed E-state index contributed by atoms with van der Waals surface area (Å²) < 4.78 is 12.6. The predicted octanol–water partition coefficient (Wildman–Crippen LogP) is 2.74. The minimum absolute atomic E-state index is 0.231. The summed E-state index contributed by atoms with van der Waals surface area (Å²) in [5.74, 6) is -0.231. The van der Waals surface area contributed by atoms with E-state index in [1.54, 1.807) is 0 Å². The lowest BCUT2D eigenvalue weighted by atomic mass is 10.3. The van der Waals surface area contributed by atoms with Crippen molar-refractivity contribution in [3.8, 4) is 0 Å². The molecule has 0 saturated heterocycles. The number of aromatic nitrogens is 1. The van der Waals surface area contributed by atoms with Gasteiger partial charge in [-0.05, 0) is 12.1 Å². The molecule has 3 heteroatoms. The van der Waals surface area contributed by atoms with Gasteiger partial charge in [-0.1, -0.05) is 27.7 Å². The maximum Gasteiger partial charge on any atom is 0.126 e. The van der Waals surface area contributed by atoms with Gasteiger partial charge in [-0.25, -0.2) is 4.39 Å². The highest BCUT2D eigenvalue weighted by Crippen LogP contribution is 1.98. The van der Waals surface area contributed by atoms with Crippen LogP contribution in [0.3, 0.4) is 0 Å². The fraction of sp³-hybridized carbons (Fsp3) is 0.545. The summed E-state index contributed by atoms with van der Waals surface area (Å²) in [6, 6.07) is 3.18. The van der Waals surface area contributed by atoms with Gasteiger partial charge in [0, 0.05) is 18.8 Å². The molecular formula is C11H19FN2. The van der Waals surface area contributed by atoms with Crippen LogP contribution in [0.25, 0.3) is 0 Å². The third kappa shape index (κ3) is 5.65. The minimum Gasteiger partial charge on any atom is -0.309 e. The largest absolute Gasteiger partial charge is 0.309 e. The molecule has 0 atom stereocenters. The maximum atomic E-state index is 12.6. The molecule has 0 aromatic carbocycles. The van der Waals surface area contributed by atoms with E-state index < -0.39 is 0 Å². The van der Waals surface area contributed by atoms with E-state index >= 15 is 0 Å². The quantitative estimate of drug-likeness (QED) is 0.807. The summed E-state index contributed by atoms with van der Waals surface area (Å²) >= 11 is 0. The molecule has 1 heterocycles. The van der Waals surface area contributed by atoms with Crippen molar-refractivity contribution >= 4 is 0 Å². The van der Waals surface area contributed by atoms with Crippen LogP contribution in [0.2, 0.25) is 0 Å². The summed E-state index contributed by atoms with van der Waals surface area (Å²) in [7, 11) is 0. The van der Waals surface area contributed by atoms with E-state index in [1.807, 2.05) is 27.7 Å². The van der Waals surface area contributed by atoms with Gasteiger partial charge in [0.05, 0.1) is 5.69 Å². The first kappa shape index (κ1) is 13.0. The zero-order valence-corrected chi connectivity index (χ0v) is 9.34. The van der Waals surface area contributed by atoms with E-state index in [9.17, 15) is 4.39 Å². The molecular weight excluding hydrogens is 179 g/mol. The summed E-state index contributed by atoms with van der Waals surface area (Å²) in [5.41, 5.74) is 0.740. The van der Waals surface area contributed by atoms with Crippen LogP contribution < -0.4 is 5.32 Å². The average Bonchev–Trinajstić information content (AvgIpc) is 2.18. The van der Waals surface area contributed by atoms with Gasteiger partial charge in [0.1, 0.15) is 5.82 Å². The second kappa shape index (κ2) is 7.44. The molecule has 1 aromatic heterocycles. The third-order valence-electron chi connectivity index (χ3n) is 1.47. The number of hydrogen-bond acceptors (Lipinski definition) is 2. The zero-order valence-electron chi connectivity index (χ0n) is 9.34. The fourth-order valence-corrected chi connectivity index (χ4v) is 0.854. The summed E-state index contributed by atoms with van der Waals surface area (Å²) in [4.78, 5) is 4.01. The van der Waals surface area contributed by atoms with Crippen molar-refractivity contribution in [2.45, 2.75) is 40.3 Å². The topological polar surface area (TPSA) is 24.9 Å². The Morgan fingerprint density at radius 1 is 1.43 bits per heavy atom. The van der Waals surface area contributed by atoms with E-state index in [2.05, 4.69) is 10.3 Å². The van der Waals surface area contributed by atoms with Crippen LogP contribution >= 0.6 is 0 Å². The molecule has 1 N–H and O–H groups in total. The van der Waals surface area contributed by atoms with E-state index in [4.69, 9.17) is 0 Å². The minimum atomic E-state index is -0.231. The van der Waals surface area contributed by atoms with Gasteiger partial charge in [0.2, 0.25) is 0 Å². The molecule has 0 aliphatic rings. The van der Waals surface area contributed by atoms with Crippen LogP contribution in [0, 0.1) is 5.82 Å². The monoisotopic (exact) mass is 198 g/mol. The van der Waals surface area contributed by atoms with Gasteiger partial charge in [-0.15, -0.1) is 0 Å². The molecule has 0 unspecified atom stereocenters. The van der Waals surface area contributed by atoms with Crippen molar-refractivity contribution in [1.29, 1.82) is 0 Å². The SMILES string of the molecule is CC.CC(C)NCc1cc(F)ccn1. The Bertz CT molecular complexity index is 249. The number of nitrogens with one attached hydrogen (secondary N) is 1. The summed E-state index contributed by atoms with van der Waals surface area (Å²) in [6.07, 6.45) is 1.48. The van der Waals surface area contributed by atoms with Crippen molar-refractivity contribution in [3.05, 3.63) is 29.8 Å². The second-order valence-corrected chi connectivity index (χ2v) is 3.00. The predicted molar refractivity (Wildman–Crippen MR) is 57.5 cm³/mol. The Morgan fingerprint density at radius 3 is 2.57 bits per heavy atom.